The number of carbonyl (C=O) groups excluding carboxylic acids is 1. The molecule has 0 unspecified atom stereocenters. The number of nitrogens with zero attached hydrogens (tertiary/aromatic N) is 3. The van der Waals surface area contributed by atoms with Crippen molar-refractivity contribution in [1.82, 2.24) is 20.1 Å². The second-order valence-corrected chi connectivity index (χ2v) is 6.06. The van der Waals surface area contributed by atoms with Gasteiger partial charge in [0.1, 0.15) is 5.82 Å². The minimum absolute atomic E-state index is 0.270. The third kappa shape index (κ3) is 3.44. The molecule has 0 atom stereocenters. The Morgan fingerprint density at radius 1 is 1.08 bits per heavy atom. The molecule has 26 heavy (non-hydrogen) atoms. The van der Waals surface area contributed by atoms with Crippen LogP contribution in [-0.4, -0.2) is 42.0 Å². The molecule has 3 rings (SSSR count). The highest BCUT2D eigenvalue weighted by Crippen LogP contribution is 2.39. The van der Waals surface area contributed by atoms with E-state index < -0.39 is 0 Å². The summed E-state index contributed by atoms with van der Waals surface area (Å²) in [5, 5.41) is 11.4. The zero-order chi connectivity index (χ0) is 18.5. The van der Waals surface area contributed by atoms with Crippen LogP contribution in [0.4, 0.5) is 0 Å². The molecule has 1 aromatic heterocycles. The number of hydrogen-bond donors (Lipinski definition) is 1. The second-order valence-electron chi connectivity index (χ2n) is 6.06. The summed E-state index contributed by atoms with van der Waals surface area (Å²) in [5.41, 5.74) is 0.376. The fourth-order valence-corrected chi connectivity index (χ4v) is 3.21. The van der Waals surface area contributed by atoms with E-state index in [0.29, 0.717) is 29.4 Å². The van der Waals surface area contributed by atoms with E-state index in [1.54, 1.807) is 12.1 Å². The molecule has 1 aromatic carbocycles. The lowest BCUT2D eigenvalue weighted by Gasteiger charge is -2.15. The molecule has 0 bridgehead atoms. The minimum atomic E-state index is -0.270. The lowest BCUT2D eigenvalue weighted by atomic mass is 10.1. The quantitative estimate of drug-likeness (QED) is 0.847. The van der Waals surface area contributed by atoms with Crippen LogP contribution in [0.2, 0.25) is 0 Å². The van der Waals surface area contributed by atoms with Crippen molar-refractivity contribution < 1.29 is 19.0 Å². The zero-order valence-corrected chi connectivity index (χ0v) is 15.4. The van der Waals surface area contributed by atoms with Crippen molar-refractivity contribution in [1.29, 1.82) is 0 Å². The van der Waals surface area contributed by atoms with E-state index in [4.69, 9.17) is 14.2 Å². The standard InChI is InChI=1S/C18H24N4O4/c1-24-13-9-8-12(16(25-2)17(13)26-3)18(23)19-11-15-21-20-14-7-5-4-6-10-22(14)15/h8-9H,4-7,10-11H2,1-3H3,(H,19,23). The molecule has 8 nitrogen and oxygen atoms in total. The van der Waals surface area contributed by atoms with Gasteiger partial charge in [0.25, 0.3) is 5.91 Å². The fourth-order valence-electron chi connectivity index (χ4n) is 3.21. The zero-order valence-electron chi connectivity index (χ0n) is 15.4. The third-order valence-electron chi connectivity index (χ3n) is 4.54. The van der Waals surface area contributed by atoms with Gasteiger partial charge in [0.2, 0.25) is 5.75 Å². The summed E-state index contributed by atoms with van der Waals surface area (Å²) >= 11 is 0. The molecule has 1 amide bonds. The van der Waals surface area contributed by atoms with Gasteiger partial charge in [0, 0.05) is 13.0 Å². The van der Waals surface area contributed by atoms with Gasteiger partial charge in [0.05, 0.1) is 33.4 Å². The van der Waals surface area contributed by atoms with Crippen LogP contribution in [0.25, 0.3) is 0 Å². The van der Waals surface area contributed by atoms with Crippen LogP contribution in [0.5, 0.6) is 17.2 Å². The summed E-state index contributed by atoms with van der Waals surface area (Å²) in [6, 6.07) is 3.33. The van der Waals surface area contributed by atoms with Gasteiger partial charge in [0.15, 0.2) is 17.3 Å². The summed E-state index contributed by atoms with van der Waals surface area (Å²) < 4.78 is 18.1. The maximum Gasteiger partial charge on any atom is 0.255 e. The Balaban J connectivity index is 1.78. The first-order chi connectivity index (χ1) is 12.7. The van der Waals surface area contributed by atoms with E-state index in [-0.39, 0.29) is 5.91 Å². The first kappa shape index (κ1) is 18.0. The van der Waals surface area contributed by atoms with E-state index in [2.05, 4.69) is 20.1 Å². The molecule has 1 aliphatic heterocycles. The van der Waals surface area contributed by atoms with Gasteiger partial charge in [-0.15, -0.1) is 10.2 Å². The first-order valence-electron chi connectivity index (χ1n) is 8.67. The summed E-state index contributed by atoms with van der Waals surface area (Å²) in [6.07, 6.45) is 4.37. The van der Waals surface area contributed by atoms with Crippen molar-refractivity contribution in [2.75, 3.05) is 21.3 Å². The number of benzene rings is 1. The number of aromatic nitrogens is 3. The highest BCUT2D eigenvalue weighted by atomic mass is 16.5. The minimum Gasteiger partial charge on any atom is -0.493 e. The molecule has 2 heterocycles. The third-order valence-corrected chi connectivity index (χ3v) is 4.54. The number of rotatable bonds is 6. The van der Waals surface area contributed by atoms with Crippen LogP contribution in [0.1, 0.15) is 41.3 Å². The van der Waals surface area contributed by atoms with Crippen LogP contribution in [0, 0.1) is 0 Å². The Morgan fingerprint density at radius 2 is 1.88 bits per heavy atom. The summed E-state index contributed by atoms with van der Waals surface area (Å²) in [7, 11) is 4.54. The van der Waals surface area contributed by atoms with E-state index in [1.165, 1.54) is 27.8 Å². The smallest absolute Gasteiger partial charge is 0.255 e. The van der Waals surface area contributed by atoms with Gasteiger partial charge in [-0.1, -0.05) is 6.42 Å². The predicted octanol–water partition coefficient (Wildman–Crippen LogP) is 1.96. The lowest BCUT2D eigenvalue weighted by molar-refractivity contribution is 0.0945. The highest BCUT2D eigenvalue weighted by molar-refractivity contribution is 5.98. The molecule has 0 radical (unpaired) electrons. The monoisotopic (exact) mass is 360 g/mol. The van der Waals surface area contributed by atoms with Crippen molar-refractivity contribution in [3.63, 3.8) is 0 Å². The van der Waals surface area contributed by atoms with Gasteiger partial charge in [-0.25, -0.2) is 0 Å². The van der Waals surface area contributed by atoms with Crippen molar-refractivity contribution in [3.8, 4) is 17.2 Å². The van der Waals surface area contributed by atoms with Crippen LogP contribution >= 0.6 is 0 Å². The van der Waals surface area contributed by atoms with E-state index >= 15 is 0 Å². The Morgan fingerprint density at radius 3 is 2.62 bits per heavy atom. The molecule has 140 valence electrons. The molecule has 0 spiro atoms. The summed E-state index contributed by atoms with van der Waals surface area (Å²) in [6.45, 7) is 1.20. The normalized spacial score (nSPS) is 13.5. The number of carbonyl (C=O) groups is 1. The Labute approximate surface area is 152 Å². The number of hydrogen-bond acceptors (Lipinski definition) is 6. The molecule has 2 aromatic rings. The number of aryl methyl sites for hydroxylation is 1. The van der Waals surface area contributed by atoms with Crippen molar-refractivity contribution >= 4 is 5.91 Å². The van der Waals surface area contributed by atoms with Crippen LogP contribution in [-0.2, 0) is 19.5 Å². The number of methoxy groups -OCH3 is 3. The predicted molar refractivity (Wildman–Crippen MR) is 94.8 cm³/mol. The van der Waals surface area contributed by atoms with E-state index in [0.717, 1.165) is 37.5 Å². The van der Waals surface area contributed by atoms with Gasteiger partial charge in [-0.2, -0.15) is 0 Å². The van der Waals surface area contributed by atoms with Crippen molar-refractivity contribution in [2.45, 2.75) is 38.8 Å². The SMILES string of the molecule is COc1ccc(C(=O)NCc2nnc3n2CCCCC3)c(OC)c1OC. The fraction of sp³-hybridized carbons (Fsp3) is 0.500. The average Bonchev–Trinajstić information content (AvgIpc) is 2.90. The lowest BCUT2D eigenvalue weighted by Crippen LogP contribution is -2.25. The maximum atomic E-state index is 12.7. The van der Waals surface area contributed by atoms with Crippen molar-refractivity contribution in [3.05, 3.63) is 29.3 Å². The Hall–Kier alpha value is -2.77. The second kappa shape index (κ2) is 8.07. The van der Waals surface area contributed by atoms with Crippen LogP contribution in [0.15, 0.2) is 12.1 Å². The molecular formula is C18H24N4O4. The van der Waals surface area contributed by atoms with Crippen LogP contribution in [0.3, 0.4) is 0 Å². The molecule has 1 N–H and O–H groups in total. The molecule has 1 aliphatic rings. The molecule has 0 aliphatic carbocycles. The number of ether oxygens (including phenoxy) is 3. The van der Waals surface area contributed by atoms with E-state index in [9.17, 15) is 4.79 Å². The maximum absolute atomic E-state index is 12.7. The first-order valence-corrected chi connectivity index (χ1v) is 8.67. The number of amides is 1. The molecule has 0 saturated carbocycles. The molecular weight excluding hydrogens is 336 g/mol. The summed E-state index contributed by atoms with van der Waals surface area (Å²) in [5.74, 6) is 2.73. The topological polar surface area (TPSA) is 87.5 Å². The average molecular weight is 360 g/mol. The molecule has 0 fully saturated rings. The number of fused-ring (bicyclic) bond motifs is 1. The number of nitrogens with one attached hydrogen (secondary N) is 1. The largest absolute Gasteiger partial charge is 0.493 e. The van der Waals surface area contributed by atoms with E-state index in [1.807, 2.05) is 0 Å². The van der Waals surface area contributed by atoms with Crippen molar-refractivity contribution in [2.24, 2.45) is 0 Å². The van der Waals surface area contributed by atoms with Crippen LogP contribution < -0.4 is 19.5 Å². The molecule has 0 saturated heterocycles. The van der Waals surface area contributed by atoms with Gasteiger partial charge in [-0.3, -0.25) is 4.79 Å². The highest BCUT2D eigenvalue weighted by Gasteiger charge is 2.21. The Kier molecular flexibility index (Phi) is 5.60. The Bertz CT molecular complexity index is 788. The molecule has 8 heteroatoms. The van der Waals surface area contributed by atoms with Gasteiger partial charge >= 0.3 is 0 Å². The van der Waals surface area contributed by atoms with Gasteiger partial charge < -0.3 is 24.1 Å². The summed E-state index contributed by atoms with van der Waals surface area (Å²) in [4.78, 5) is 12.7. The van der Waals surface area contributed by atoms with Gasteiger partial charge in [-0.05, 0) is 25.0 Å².